The number of nitrogens with one attached hydrogen (secondary N) is 1. The highest BCUT2D eigenvalue weighted by Gasteiger charge is 2.21. The van der Waals surface area contributed by atoms with Gasteiger partial charge in [0.2, 0.25) is 11.6 Å². The number of nitro benzene ring substituents is 1. The Morgan fingerprint density at radius 2 is 1.76 bits per heavy atom. The summed E-state index contributed by atoms with van der Waals surface area (Å²) in [6, 6.07) is 8.30. The number of amides is 1. The van der Waals surface area contributed by atoms with Crippen molar-refractivity contribution in [2.75, 3.05) is 5.32 Å². The number of ether oxygens (including phenoxy) is 1. The minimum absolute atomic E-state index is 0.0423. The molecule has 8 nitrogen and oxygen atoms in total. The Morgan fingerprint density at radius 3 is 2.41 bits per heavy atom. The molecule has 2 aromatic carbocycles. The zero-order chi connectivity index (χ0) is 24.4. The monoisotopic (exact) mass is 493 g/mol. The molecule has 4 rings (SSSR count). The lowest BCUT2D eigenvalue weighted by atomic mass is 10.1. The molecule has 0 aliphatic carbocycles. The largest absolute Gasteiger partial charge is 0.479 e. The molecule has 174 valence electrons. The normalized spacial score (nSPS) is 10.8. The third-order valence-corrected chi connectivity index (χ3v) is 5.17. The summed E-state index contributed by atoms with van der Waals surface area (Å²) >= 11 is 1.10. The third kappa shape index (κ3) is 4.73. The van der Waals surface area contributed by atoms with Crippen LogP contribution in [0.2, 0.25) is 0 Å². The lowest BCUT2D eigenvalue weighted by molar-refractivity contribution is -0.384. The molecule has 13 heteroatoms. The maximum atomic E-state index is 13.7. The molecule has 0 spiro atoms. The molecule has 1 amide bonds. The Balaban J connectivity index is 1.40. The Labute approximate surface area is 191 Å². The number of thiazole rings is 1. The highest BCUT2D eigenvalue weighted by atomic mass is 32.1. The van der Waals surface area contributed by atoms with Crippen LogP contribution in [0, 0.1) is 33.4 Å². The fourth-order valence-corrected chi connectivity index (χ4v) is 3.49. The van der Waals surface area contributed by atoms with E-state index in [2.05, 4.69) is 10.3 Å². The number of non-ortho nitro benzene ring substituents is 1. The highest BCUT2D eigenvalue weighted by Crippen LogP contribution is 2.28. The standard InChI is InChI=1S/C21H11F4N3O5S/c22-13-7-14(23)18(25)19(17(13)24)32-8-12-5-6-16(33-12)20(29)27-21-26-15(9-34-21)10-1-3-11(4-2-10)28(30)31/h1-7,9H,8H2,(H,26,27,29). The van der Waals surface area contributed by atoms with Gasteiger partial charge in [-0.25, -0.2) is 13.8 Å². The SMILES string of the molecule is O=C(Nc1nc(-c2ccc([N+](=O)[O-])cc2)cs1)c1ccc(COc2c(F)c(F)cc(F)c2F)o1. The van der Waals surface area contributed by atoms with Gasteiger partial charge in [-0.1, -0.05) is 0 Å². The first-order valence-electron chi connectivity index (χ1n) is 9.29. The summed E-state index contributed by atoms with van der Waals surface area (Å²) in [5.74, 6) is -8.80. The predicted octanol–water partition coefficient (Wildman–Crippen LogP) is 5.70. The number of hydrogen-bond donors (Lipinski definition) is 1. The number of nitrogens with zero attached hydrogens (tertiary/aromatic N) is 2. The summed E-state index contributed by atoms with van der Waals surface area (Å²) in [5.41, 5.74) is 1.02. The molecular weight excluding hydrogens is 482 g/mol. The van der Waals surface area contributed by atoms with Gasteiger partial charge in [0.15, 0.2) is 28.3 Å². The fourth-order valence-electron chi connectivity index (χ4n) is 2.78. The average Bonchev–Trinajstić information content (AvgIpc) is 3.48. The van der Waals surface area contributed by atoms with Crippen LogP contribution in [0.1, 0.15) is 16.3 Å². The predicted molar refractivity (Wildman–Crippen MR) is 111 cm³/mol. The van der Waals surface area contributed by atoms with Gasteiger partial charge in [0.1, 0.15) is 12.4 Å². The molecule has 2 heterocycles. The van der Waals surface area contributed by atoms with Crippen LogP contribution in [0.4, 0.5) is 28.4 Å². The second-order valence-electron chi connectivity index (χ2n) is 6.65. The van der Waals surface area contributed by atoms with Gasteiger partial charge in [-0.15, -0.1) is 11.3 Å². The van der Waals surface area contributed by atoms with E-state index in [1.165, 1.54) is 36.4 Å². The second kappa shape index (κ2) is 9.31. The van der Waals surface area contributed by atoms with Crippen molar-refractivity contribution in [3.05, 3.63) is 92.7 Å². The van der Waals surface area contributed by atoms with Crippen LogP contribution in [-0.2, 0) is 6.61 Å². The summed E-state index contributed by atoms with van der Waals surface area (Å²) in [6.07, 6.45) is 0. The van der Waals surface area contributed by atoms with Gasteiger partial charge in [0.05, 0.1) is 10.6 Å². The van der Waals surface area contributed by atoms with Crippen LogP contribution in [-0.4, -0.2) is 15.8 Å². The van der Waals surface area contributed by atoms with Crippen LogP contribution < -0.4 is 10.1 Å². The molecule has 0 fully saturated rings. The number of hydrogen-bond acceptors (Lipinski definition) is 7. The first kappa shape index (κ1) is 22.9. The highest BCUT2D eigenvalue weighted by molar-refractivity contribution is 7.14. The maximum absolute atomic E-state index is 13.7. The Kier molecular flexibility index (Phi) is 6.27. The summed E-state index contributed by atoms with van der Waals surface area (Å²) < 4.78 is 63.9. The number of rotatable bonds is 7. The zero-order valence-corrected chi connectivity index (χ0v) is 17.5. The Morgan fingerprint density at radius 1 is 1.09 bits per heavy atom. The number of halogens is 4. The quantitative estimate of drug-likeness (QED) is 0.153. The summed E-state index contributed by atoms with van der Waals surface area (Å²) in [4.78, 5) is 26.8. The number of nitro groups is 1. The minimum Gasteiger partial charge on any atom is -0.479 e. The first-order chi connectivity index (χ1) is 16.2. The lowest BCUT2D eigenvalue weighted by Gasteiger charge is -2.08. The molecule has 0 aliphatic rings. The van der Waals surface area contributed by atoms with Crippen LogP contribution >= 0.6 is 11.3 Å². The van der Waals surface area contributed by atoms with E-state index in [4.69, 9.17) is 9.15 Å². The molecule has 0 unspecified atom stereocenters. The summed E-state index contributed by atoms with van der Waals surface area (Å²) in [7, 11) is 0. The molecule has 0 saturated carbocycles. The van der Waals surface area contributed by atoms with Crippen molar-refractivity contribution >= 4 is 28.1 Å². The van der Waals surface area contributed by atoms with Crippen molar-refractivity contribution in [3.63, 3.8) is 0 Å². The van der Waals surface area contributed by atoms with Crippen LogP contribution in [0.25, 0.3) is 11.3 Å². The Hall–Kier alpha value is -4.26. The van der Waals surface area contributed by atoms with Gasteiger partial charge >= 0.3 is 0 Å². The van der Waals surface area contributed by atoms with Gasteiger partial charge in [-0.05, 0) is 24.3 Å². The van der Waals surface area contributed by atoms with Gasteiger partial charge in [0, 0.05) is 29.1 Å². The number of anilines is 1. The zero-order valence-electron chi connectivity index (χ0n) is 16.7. The minimum atomic E-state index is -1.70. The number of carbonyl (C=O) groups is 1. The maximum Gasteiger partial charge on any atom is 0.293 e. The van der Waals surface area contributed by atoms with E-state index in [-0.39, 0.29) is 28.4 Å². The van der Waals surface area contributed by atoms with Gasteiger partial charge in [-0.3, -0.25) is 20.2 Å². The molecule has 0 radical (unpaired) electrons. The molecule has 0 saturated heterocycles. The Bertz CT molecular complexity index is 1360. The molecule has 0 atom stereocenters. The van der Waals surface area contributed by atoms with E-state index < -0.39 is 46.5 Å². The van der Waals surface area contributed by atoms with Crippen LogP contribution in [0.3, 0.4) is 0 Å². The molecule has 4 aromatic rings. The van der Waals surface area contributed by atoms with Crippen molar-refractivity contribution in [1.29, 1.82) is 0 Å². The van der Waals surface area contributed by atoms with Crippen molar-refractivity contribution in [3.8, 4) is 17.0 Å². The fraction of sp³-hybridized carbons (Fsp3) is 0.0476. The van der Waals surface area contributed by atoms with Gasteiger partial charge < -0.3 is 9.15 Å². The molecule has 0 bridgehead atoms. The van der Waals surface area contributed by atoms with Crippen molar-refractivity contribution in [2.45, 2.75) is 6.61 Å². The summed E-state index contributed by atoms with van der Waals surface area (Å²) in [6.45, 7) is -0.606. The number of furan rings is 1. The number of carbonyl (C=O) groups excluding carboxylic acids is 1. The van der Waals surface area contributed by atoms with E-state index in [0.29, 0.717) is 11.3 Å². The van der Waals surface area contributed by atoms with E-state index in [1.54, 1.807) is 5.38 Å². The molecule has 0 aliphatic heterocycles. The van der Waals surface area contributed by atoms with Gasteiger partial charge in [0.25, 0.3) is 11.6 Å². The van der Waals surface area contributed by atoms with Crippen molar-refractivity contribution < 1.29 is 36.4 Å². The number of aromatic nitrogens is 1. The van der Waals surface area contributed by atoms with Crippen molar-refractivity contribution in [1.82, 2.24) is 4.98 Å². The molecule has 34 heavy (non-hydrogen) atoms. The molecular formula is C21H11F4N3O5S. The molecule has 2 aromatic heterocycles. The van der Waals surface area contributed by atoms with Gasteiger partial charge in [-0.2, -0.15) is 8.78 Å². The first-order valence-corrected chi connectivity index (χ1v) is 10.2. The second-order valence-corrected chi connectivity index (χ2v) is 7.51. The van der Waals surface area contributed by atoms with Crippen molar-refractivity contribution in [2.24, 2.45) is 0 Å². The van der Waals surface area contributed by atoms with E-state index in [1.807, 2.05) is 0 Å². The van der Waals surface area contributed by atoms with Crippen LogP contribution in [0.15, 0.2) is 52.3 Å². The van der Waals surface area contributed by atoms with E-state index in [0.717, 1.165) is 11.3 Å². The molecule has 1 N–H and O–H groups in total. The third-order valence-electron chi connectivity index (χ3n) is 4.41. The lowest BCUT2D eigenvalue weighted by Crippen LogP contribution is -2.10. The smallest absolute Gasteiger partial charge is 0.293 e. The topological polar surface area (TPSA) is 108 Å². The van der Waals surface area contributed by atoms with E-state index >= 15 is 0 Å². The average molecular weight is 493 g/mol. The van der Waals surface area contributed by atoms with E-state index in [9.17, 15) is 32.5 Å². The summed E-state index contributed by atoms with van der Waals surface area (Å²) in [5, 5.41) is 15.1. The number of benzene rings is 2. The van der Waals surface area contributed by atoms with Crippen LogP contribution in [0.5, 0.6) is 5.75 Å².